The molecule has 0 aliphatic rings. The Morgan fingerprint density at radius 3 is 2.90 bits per heavy atom. The van der Waals surface area contributed by atoms with Crippen LogP contribution in [0.2, 0.25) is 0 Å². The SMILES string of the molecule is CC(=O)c1c2ccc(OCC#N)cc2n2ccccc12. The molecule has 98 valence electrons. The van der Waals surface area contributed by atoms with E-state index in [-0.39, 0.29) is 12.4 Å². The van der Waals surface area contributed by atoms with Gasteiger partial charge in [-0.05, 0) is 31.2 Å². The Balaban J connectivity index is 2.32. The van der Waals surface area contributed by atoms with E-state index in [4.69, 9.17) is 10.00 Å². The van der Waals surface area contributed by atoms with E-state index < -0.39 is 0 Å². The van der Waals surface area contributed by atoms with Crippen LogP contribution in [0.1, 0.15) is 17.3 Å². The Morgan fingerprint density at radius 2 is 2.15 bits per heavy atom. The van der Waals surface area contributed by atoms with Crippen LogP contribution in [0.25, 0.3) is 16.4 Å². The summed E-state index contributed by atoms with van der Waals surface area (Å²) in [5.74, 6) is 0.659. The van der Waals surface area contributed by atoms with Crippen LogP contribution in [-0.2, 0) is 0 Å². The van der Waals surface area contributed by atoms with Gasteiger partial charge < -0.3 is 9.14 Å². The van der Waals surface area contributed by atoms with Crippen molar-refractivity contribution < 1.29 is 9.53 Å². The summed E-state index contributed by atoms with van der Waals surface area (Å²) in [7, 11) is 0. The number of hydrogen-bond donors (Lipinski definition) is 0. The molecule has 4 nitrogen and oxygen atoms in total. The average molecular weight is 264 g/mol. The lowest BCUT2D eigenvalue weighted by atomic mass is 10.1. The van der Waals surface area contributed by atoms with Crippen LogP contribution in [0.3, 0.4) is 0 Å². The fourth-order valence-corrected chi connectivity index (χ4v) is 2.49. The molecule has 3 aromatic rings. The first-order valence-electron chi connectivity index (χ1n) is 6.26. The van der Waals surface area contributed by atoms with Gasteiger partial charge in [-0.3, -0.25) is 4.79 Å². The van der Waals surface area contributed by atoms with Crippen LogP contribution in [-0.4, -0.2) is 16.8 Å². The number of ether oxygens (including phenoxy) is 1. The van der Waals surface area contributed by atoms with Gasteiger partial charge in [0.2, 0.25) is 0 Å². The number of carbonyl (C=O) groups is 1. The van der Waals surface area contributed by atoms with Gasteiger partial charge in [-0.1, -0.05) is 6.07 Å². The number of ketones is 1. The van der Waals surface area contributed by atoms with E-state index in [2.05, 4.69) is 0 Å². The van der Waals surface area contributed by atoms with Crippen LogP contribution < -0.4 is 4.74 Å². The summed E-state index contributed by atoms with van der Waals surface area (Å²) in [6, 6.07) is 13.2. The van der Waals surface area contributed by atoms with Crippen LogP contribution in [0.4, 0.5) is 0 Å². The minimum Gasteiger partial charge on any atom is -0.479 e. The summed E-state index contributed by atoms with van der Waals surface area (Å²) < 4.78 is 7.29. The lowest BCUT2D eigenvalue weighted by Gasteiger charge is -2.02. The molecule has 0 amide bonds. The minimum atomic E-state index is 0.00831. The summed E-state index contributed by atoms with van der Waals surface area (Å²) in [6.45, 7) is 1.58. The molecule has 0 unspecified atom stereocenters. The summed E-state index contributed by atoms with van der Waals surface area (Å²) in [5.41, 5.74) is 2.50. The number of aromatic nitrogens is 1. The van der Waals surface area contributed by atoms with E-state index in [0.717, 1.165) is 16.4 Å². The van der Waals surface area contributed by atoms with E-state index in [0.29, 0.717) is 11.3 Å². The number of pyridine rings is 1. The molecule has 0 aliphatic heterocycles. The zero-order valence-electron chi connectivity index (χ0n) is 11.0. The second-order valence-corrected chi connectivity index (χ2v) is 4.51. The first-order valence-corrected chi connectivity index (χ1v) is 6.26. The van der Waals surface area contributed by atoms with Crippen LogP contribution in [0.5, 0.6) is 5.75 Å². The molecule has 0 spiro atoms. The molecule has 0 saturated heterocycles. The number of Topliss-reactive ketones (excluding diaryl/α,β-unsaturated/α-hetero) is 1. The van der Waals surface area contributed by atoms with Gasteiger partial charge in [0.15, 0.2) is 12.4 Å². The lowest BCUT2D eigenvalue weighted by Crippen LogP contribution is -1.93. The quantitative estimate of drug-likeness (QED) is 0.682. The molecule has 0 aliphatic carbocycles. The number of fused-ring (bicyclic) bond motifs is 3. The Labute approximate surface area is 115 Å². The molecule has 0 atom stereocenters. The van der Waals surface area contributed by atoms with E-state index in [1.807, 2.05) is 47.0 Å². The third-order valence-corrected chi connectivity index (χ3v) is 3.27. The molecule has 2 aromatic heterocycles. The highest BCUT2D eigenvalue weighted by molar-refractivity contribution is 6.14. The van der Waals surface area contributed by atoms with E-state index in [1.54, 1.807) is 13.0 Å². The summed E-state index contributed by atoms with van der Waals surface area (Å²) in [5, 5.41) is 9.46. The lowest BCUT2D eigenvalue weighted by molar-refractivity contribution is 0.102. The van der Waals surface area contributed by atoms with Gasteiger partial charge in [0, 0.05) is 17.6 Å². The van der Waals surface area contributed by atoms with Gasteiger partial charge in [0.25, 0.3) is 0 Å². The Kier molecular flexibility index (Phi) is 2.88. The van der Waals surface area contributed by atoms with Crippen molar-refractivity contribution in [3.63, 3.8) is 0 Å². The number of nitrogens with zero attached hydrogens (tertiary/aromatic N) is 2. The fraction of sp³-hybridized carbons (Fsp3) is 0.125. The van der Waals surface area contributed by atoms with E-state index in [9.17, 15) is 4.79 Å². The third-order valence-electron chi connectivity index (χ3n) is 3.27. The maximum absolute atomic E-state index is 11.9. The fourth-order valence-electron chi connectivity index (χ4n) is 2.49. The molecule has 3 rings (SSSR count). The van der Waals surface area contributed by atoms with Crippen molar-refractivity contribution >= 4 is 22.2 Å². The van der Waals surface area contributed by atoms with Crippen molar-refractivity contribution in [1.29, 1.82) is 5.26 Å². The Hall–Kier alpha value is -2.80. The molecular weight excluding hydrogens is 252 g/mol. The molecule has 0 radical (unpaired) electrons. The van der Waals surface area contributed by atoms with Gasteiger partial charge in [0.1, 0.15) is 11.8 Å². The predicted molar refractivity (Wildman–Crippen MR) is 76.0 cm³/mol. The summed E-state index contributed by atoms with van der Waals surface area (Å²) in [4.78, 5) is 11.9. The molecule has 4 heteroatoms. The maximum Gasteiger partial charge on any atom is 0.174 e. The zero-order chi connectivity index (χ0) is 14.1. The van der Waals surface area contributed by atoms with Gasteiger partial charge in [0.05, 0.1) is 16.6 Å². The monoisotopic (exact) mass is 264 g/mol. The van der Waals surface area contributed by atoms with Crippen molar-refractivity contribution in [2.45, 2.75) is 6.92 Å². The predicted octanol–water partition coefficient (Wildman–Crippen LogP) is 3.20. The first kappa shape index (κ1) is 12.2. The number of nitriles is 1. The summed E-state index contributed by atoms with van der Waals surface area (Å²) >= 11 is 0. The highest BCUT2D eigenvalue weighted by atomic mass is 16.5. The van der Waals surface area contributed by atoms with Gasteiger partial charge >= 0.3 is 0 Å². The Bertz CT molecular complexity index is 856. The van der Waals surface area contributed by atoms with Crippen LogP contribution in [0, 0.1) is 11.3 Å². The maximum atomic E-state index is 11.9. The zero-order valence-corrected chi connectivity index (χ0v) is 11.0. The van der Waals surface area contributed by atoms with Crippen molar-refractivity contribution in [2.75, 3.05) is 6.61 Å². The van der Waals surface area contributed by atoms with Crippen molar-refractivity contribution in [2.24, 2.45) is 0 Å². The van der Waals surface area contributed by atoms with Gasteiger partial charge in [-0.2, -0.15) is 5.26 Å². The highest BCUT2D eigenvalue weighted by Gasteiger charge is 2.15. The normalized spacial score (nSPS) is 10.6. The van der Waals surface area contributed by atoms with Crippen molar-refractivity contribution in [1.82, 2.24) is 4.40 Å². The number of rotatable bonds is 3. The Morgan fingerprint density at radius 1 is 1.30 bits per heavy atom. The highest BCUT2D eigenvalue weighted by Crippen LogP contribution is 2.29. The second-order valence-electron chi connectivity index (χ2n) is 4.51. The first-order chi connectivity index (χ1) is 9.72. The van der Waals surface area contributed by atoms with Crippen molar-refractivity contribution in [3.8, 4) is 11.8 Å². The molecule has 20 heavy (non-hydrogen) atoms. The molecule has 0 fully saturated rings. The van der Waals surface area contributed by atoms with Crippen LogP contribution >= 0.6 is 0 Å². The topological polar surface area (TPSA) is 54.5 Å². The number of benzene rings is 1. The van der Waals surface area contributed by atoms with Gasteiger partial charge in [-0.25, -0.2) is 0 Å². The van der Waals surface area contributed by atoms with Gasteiger partial charge in [-0.15, -0.1) is 0 Å². The second kappa shape index (κ2) is 4.71. The van der Waals surface area contributed by atoms with E-state index in [1.165, 1.54) is 0 Å². The third kappa shape index (κ3) is 1.81. The molecule has 0 saturated carbocycles. The molecule has 0 bridgehead atoms. The minimum absolute atomic E-state index is 0.00831. The van der Waals surface area contributed by atoms with Crippen LogP contribution in [0.15, 0.2) is 42.6 Å². The number of hydrogen-bond acceptors (Lipinski definition) is 3. The average Bonchev–Trinajstić information content (AvgIpc) is 2.79. The number of carbonyl (C=O) groups excluding carboxylic acids is 1. The molecule has 0 N–H and O–H groups in total. The van der Waals surface area contributed by atoms with Crippen molar-refractivity contribution in [3.05, 3.63) is 48.2 Å². The molecule has 1 aromatic carbocycles. The molecule has 2 heterocycles. The largest absolute Gasteiger partial charge is 0.479 e. The smallest absolute Gasteiger partial charge is 0.174 e. The molecular formula is C16H12N2O2. The summed E-state index contributed by atoms with van der Waals surface area (Å²) in [6.07, 6.45) is 1.91. The van der Waals surface area contributed by atoms with E-state index >= 15 is 0 Å². The standard InChI is InChI=1S/C16H12N2O2/c1-11(19)16-13-6-5-12(20-9-7-17)10-15(13)18-8-3-2-4-14(16)18/h2-6,8,10H,9H2,1H3.